The van der Waals surface area contributed by atoms with E-state index in [9.17, 15) is 9.59 Å². The second kappa shape index (κ2) is 6.27. The molecule has 0 aliphatic rings. The van der Waals surface area contributed by atoms with Gasteiger partial charge in [0.25, 0.3) is 0 Å². The minimum absolute atomic E-state index is 0.0208. The summed E-state index contributed by atoms with van der Waals surface area (Å²) in [6, 6.07) is -0.153. The average Bonchev–Trinajstić information content (AvgIpc) is 2.15. The molecule has 0 atom stereocenters. The van der Waals surface area contributed by atoms with Gasteiger partial charge in [-0.05, 0) is 27.7 Å². The predicted molar refractivity (Wildman–Crippen MR) is 59.4 cm³/mol. The highest BCUT2D eigenvalue weighted by molar-refractivity contribution is 5.83. The predicted octanol–water partition coefficient (Wildman–Crippen LogP) is 0.644. The second-order valence-electron chi connectivity index (χ2n) is 3.64. The minimum Gasteiger partial charge on any atom is -0.368 e. The van der Waals surface area contributed by atoms with Gasteiger partial charge in [0.05, 0.1) is 0 Å². The number of carbonyl (C=O) groups is 2. The number of carbonyl (C=O) groups excluding carboxylic acids is 2. The lowest BCUT2D eigenvalue weighted by atomic mass is 10.3. The molecule has 0 heterocycles. The van der Waals surface area contributed by atoms with Gasteiger partial charge in [-0.15, -0.1) is 0 Å². The maximum absolute atomic E-state index is 11.9. The number of rotatable bonds is 5. The molecule has 88 valence electrons. The number of urea groups is 1. The lowest BCUT2D eigenvalue weighted by molar-refractivity contribution is -0.119. The molecule has 0 spiro atoms. The van der Waals surface area contributed by atoms with Gasteiger partial charge < -0.3 is 15.5 Å². The quantitative estimate of drug-likeness (QED) is 0.731. The van der Waals surface area contributed by atoms with Crippen molar-refractivity contribution < 1.29 is 9.59 Å². The molecule has 2 N–H and O–H groups in total. The Morgan fingerprint density at radius 3 is 1.93 bits per heavy atom. The molecule has 0 aliphatic heterocycles. The normalized spacial score (nSPS) is 10.2. The van der Waals surface area contributed by atoms with Crippen molar-refractivity contribution in [2.24, 2.45) is 5.73 Å². The topological polar surface area (TPSA) is 66.6 Å². The summed E-state index contributed by atoms with van der Waals surface area (Å²) in [6.45, 7) is 8.80. The van der Waals surface area contributed by atoms with Crippen LogP contribution >= 0.6 is 0 Å². The fourth-order valence-corrected chi connectivity index (χ4v) is 1.31. The van der Waals surface area contributed by atoms with Gasteiger partial charge in [-0.3, -0.25) is 4.79 Å². The number of nitrogens with zero attached hydrogens (tertiary/aromatic N) is 2. The summed E-state index contributed by atoms with van der Waals surface area (Å²) in [5, 5.41) is 0. The Morgan fingerprint density at radius 1 is 1.20 bits per heavy atom. The van der Waals surface area contributed by atoms with Crippen molar-refractivity contribution in [3.63, 3.8) is 0 Å². The van der Waals surface area contributed by atoms with E-state index in [-0.39, 0.29) is 18.6 Å². The highest BCUT2D eigenvalue weighted by Gasteiger charge is 2.22. The molecule has 0 aromatic carbocycles. The lowest BCUT2D eigenvalue weighted by Gasteiger charge is -2.31. The molecule has 0 fully saturated rings. The largest absolute Gasteiger partial charge is 0.368 e. The Morgan fingerprint density at radius 2 is 1.67 bits per heavy atom. The number of hydrogen-bond acceptors (Lipinski definition) is 2. The van der Waals surface area contributed by atoms with Crippen LogP contribution in [0, 0.1) is 0 Å². The first-order chi connectivity index (χ1) is 6.93. The van der Waals surface area contributed by atoms with Crippen LogP contribution in [0.4, 0.5) is 4.79 Å². The van der Waals surface area contributed by atoms with Crippen LogP contribution in [0.25, 0.3) is 0 Å². The van der Waals surface area contributed by atoms with Gasteiger partial charge >= 0.3 is 6.03 Å². The zero-order valence-electron chi connectivity index (χ0n) is 9.99. The van der Waals surface area contributed by atoms with Crippen molar-refractivity contribution in [1.82, 2.24) is 9.80 Å². The van der Waals surface area contributed by atoms with Crippen molar-refractivity contribution in [1.29, 1.82) is 0 Å². The van der Waals surface area contributed by atoms with E-state index in [4.69, 9.17) is 5.73 Å². The van der Waals surface area contributed by atoms with Crippen LogP contribution in [-0.4, -0.2) is 47.4 Å². The Bertz CT molecular complexity index is 225. The third kappa shape index (κ3) is 4.18. The number of primary amides is 1. The Labute approximate surface area is 91.2 Å². The third-order valence-corrected chi connectivity index (χ3v) is 2.23. The summed E-state index contributed by atoms with van der Waals surface area (Å²) < 4.78 is 0. The Kier molecular flexibility index (Phi) is 5.74. The molecule has 3 amide bonds. The summed E-state index contributed by atoms with van der Waals surface area (Å²) in [5.41, 5.74) is 5.10. The standard InChI is InChI=1S/C10H21N3O2/c1-5-12(6-2)10(15)13(8(3)4)7-9(11)14/h8H,5-7H2,1-4H3,(H2,11,14). The van der Waals surface area contributed by atoms with Gasteiger partial charge in [-0.2, -0.15) is 0 Å². The van der Waals surface area contributed by atoms with Crippen LogP contribution in [0.5, 0.6) is 0 Å². The van der Waals surface area contributed by atoms with Gasteiger partial charge in [0, 0.05) is 19.1 Å². The summed E-state index contributed by atoms with van der Waals surface area (Å²) >= 11 is 0. The van der Waals surface area contributed by atoms with E-state index in [0.29, 0.717) is 13.1 Å². The SMILES string of the molecule is CCN(CC)C(=O)N(CC(N)=O)C(C)C. The van der Waals surface area contributed by atoms with Gasteiger partial charge in [0.15, 0.2) is 0 Å². The van der Waals surface area contributed by atoms with Crippen LogP contribution in [0.3, 0.4) is 0 Å². The molecular weight excluding hydrogens is 194 g/mol. The molecule has 0 unspecified atom stereocenters. The van der Waals surface area contributed by atoms with E-state index in [0.717, 1.165) is 0 Å². The maximum atomic E-state index is 11.9. The van der Waals surface area contributed by atoms with Crippen molar-refractivity contribution in [3.05, 3.63) is 0 Å². The molecule has 0 rings (SSSR count). The molecule has 5 heteroatoms. The lowest BCUT2D eigenvalue weighted by Crippen LogP contribution is -2.49. The van der Waals surface area contributed by atoms with E-state index in [1.54, 1.807) is 4.90 Å². The maximum Gasteiger partial charge on any atom is 0.320 e. The number of amides is 3. The highest BCUT2D eigenvalue weighted by Crippen LogP contribution is 2.04. The zero-order chi connectivity index (χ0) is 12.0. The number of nitrogens with two attached hydrogens (primary N) is 1. The first-order valence-corrected chi connectivity index (χ1v) is 5.27. The average molecular weight is 215 g/mol. The summed E-state index contributed by atoms with van der Waals surface area (Å²) in [4.78, 5) is 25.9. The van der Waals surface area contributed by atoms with Crippen LogP contribution in [-0.2, 0) is 4.79 Å². The second-order valence-corrected chi connectivity index (χ2v) is 3.64. The summed E-state index contributed by atoms with van der Waals surface area (Å²) in [6.07, 6.45) is 0. The molecule has 0 aliphatic carbocycles. The van der Waals surface area contributed by atoms with E-state index in [2.05, 4.69) is 0 Å². The van der Waals surface area contributed by atoms with E-state index >= 15 is 0 Å². The molecule has 0 aromatic rings. The molecule has 0 radical (unpaired) electrons. The first-order valence-electron chi connectivity index (χ1n) is 5.27. The molecular formula is C10H21N3O2. The van der Waals surface area contributed by atoms with Crippen molar-refractivity contribution in [2.45, 2.75) is 33.7 Å². The first kappa shape index (κ1) is 13.7. The molecule has 0 bridgehead atoms. The van der Waals surface area contributed by atoms with Gasteiger partial charge in [-0.1, -0.05) is 0 Å². The minimum atomic E-state index is -0.482. The highest BCUT2D eigenvalue weighted by atomic mass is 16.2. The monoisotopic (exact) mass is 215 g/mol. The van der Waals surface area contributed by atoms with Crippen molar-refractivity contribution in [3.8, 4) is 0 Å². The Hall–Kier alpha value is -1.26. The van der Waals surface area contributed by atoms with Gasteiger partial charge in [0.1, 0.15) is 6.54 Å². The van der Waals surface area contributed by atoms with E-state index in [1.807, 2.05) is 27.7 Å². The van der Waals surface area contributed by atoms with Gasteiger partial charge in [0.2, 0.25) is 5.91 Å². The molecule has 5 nitrogen and oxygen atoms in total. The third-order valence-electron chi connectivity index (χ3n) is 2.23. The van der Waals surface area contributed by atoms with Crippen LogP contribution in [0.2, 0.25) is 0 Å². The van der Waals surface area contributed by atoms with Crippen LogP contribution < -0.4 is 5.73 Å². The fourth-order valence-electron chi connectivity index (χ4n) is 1.31. The van der Waals surface area contributed by atoms with Crippen LogP contribution in [0.15, 0.2) is 0 Å². The molecule has 0 saturated heterocycles. The van der Waals surface area contributed by atoms with Gasteiger partial charge in [-0.25, -0.2) is 4.79 Å². The summed E-state index contributed by atoms with van der Waals surface area (Å²) in [7, 11) is 0. The van der Waals surface area contributed by atoms with E-state index in [1.165, 1.54) is 4.90 Å². The number of hydrogen-bond donors (Lipinski definition) is 1. The molecule has 0 saturated carbocycles. The van der Waals surface area contributed by atoms with Crippen molar-refractivity contribution in [2.75, 3.05) is 19.6 Å². The van der Waals surface area contributed by atoms with Crippen LogP contribution in [0.1, 0.15) is 27.7 Å². The smallest absolute Gasteiger partial charge is 0.320 e. The fraction of sp³-hybridized carbons (Fsp3) is 0.800. The Balaban J connectivity index is 4.60. The molecule has 0 aromatic heterocycles. The summed E-state index contributed by atoms with van der Waals surface area (Å²) in [5.74, 6) is -0.482. The zero-order valence-corrected chi connectivity index (χ0v) is 9.99. The van der Waals surface area contributed by atoms with E-state index < -0.39 is 5.91 Å². The molecule has 15 heavy (non-hydrogen) atoms. The van der Waals surface area contributed by atoms with Crippen molar-refractivity contribution >= 4 is 11.9 Å².